The molecule has 2 N–H and O–H groups in total. The summed E-state index contributed by atoms with van der Waals surface area (Å²) in [5.41, 5.74) is 0.399. The Balaban J connectivity index is 2.89. The molecule has 0 amide bonds. The number of benzene rings is 1. The van der Waals surface area contributed by atoms with E-state index in [1.807, 2.05) is 0 Å². The van der Waals surface area contributed by atoms with E-state index in [0.717, 1.165) is 0 Å². The number of carboxylic acids is 1. The van der Waals surface area contributed by atoms with E-state index in [9.17, 15) is 9.90 Å². The molecule has 0 saturated heterocycles. The summed E-state index contributed by atoms with van der Waals surface area (Å²) in [6, 6.07) is 3.63. The van der Waals surface area contributed by atoms with Gasteiger partial charge in [0, 0.05) is 16.8 Å². The number of carbonyl (C=O) groups is 1. The summed E-state index contributed by atoms with van der Waals surface area (Å²) in [5.74, 6) is -1.01. The number of hydrogen-bond donors (Lipinski definition) is 2. The average Bonchev–Trinajstić information content (AvgIpc) is 2.18. The van der Waals surface area contributed by atoms with Gasteiger partial charge in [-0.25, -0.2) is 4.79 Å². The first kappa shape index (κ1) is 11.5. The highest BCUT2D eigenvalue weighted by molar-refractivity contribution is 6.30. The van der Waals surface area contributed by atoms with Crippen molar-refractivity contribution in [3.63, 3.8) is 0 Å². The quantitative estimate of drug-likeness (QED) is 0.776. The van der Waals surface area contributed by atoms with Gasteiger partial charge < -0.3 is 10.2 Å². The van der Waals surface area contributed by atoms with E-state index in [4.69, 9.17) is 16.7 Å². The van der Waals surface area contributed by atoms with Crippen molar-refractivity contribution in [3.05, 3.63) is 28.8 Å². The molecule has 0 aliphatic heterocycles. The van der Waals surface area contributed by atoms with Crippen LogP contribution >= 0.6 is 11.6 Å². The van der Waals surface area contributed by atoms with Crippen molar-refractivity contribution in [1.29, 1.82) is 0 Å². The van der Waals surface area contributed by atoms with Gasteiger partial charge in [0.05, 0.1) is 0 Å². The lowest BCUT2D eigenvalue weighted by atomic mass is 10.2. The molecular formula is C10H10ClNO3. The van der Waals surface area contributed by atoms with Crippen molar-refractivity contribution >= 4 is 23.8 Å². The van der Waals surface area contributed by atoms with Crippen LogP contribution in [0.3, 0.4) is 0 Å². The van der Waals surface area contributed by atoms with Crippen molar-refractivity contribution in [1.82, 2.24) is 0 Å². The summed E-state index contributed by atoms with van der Waals surface area (Å²) in [5, 5.41) is 18.4. The number of hydrogen-bond acceptors (Lipinski definition) is 3. The average molecular weight is 228 g/mol. The molecule has 0 saturated carbocycles. The molecule has 1 aromatic rings. The van der Waals surface area contributed by atoms with Crippen LogP contribution < -0.4 is 0 Å². The number of nitrogens with zero attached hydrogens (tertiary/aromatic N) is 1. The van der Waals surface area contributed by atoms with Gasteiger partial charge in [0.1, 0.15) is 11.8 Å². The lowest BCUT2D eigenvalue weighted by Gasteiger charge is -2.01. The molecule has 1 aromatic carbocycles. The zero-order valence-corrected chi connectivity index (χ0v) is 8.77. The Morgan fingerprint density at radius 1 is 1.60 bits per heavy atom. The van der Waals surface area contributed by atoms with Crippen LogP contribution in [0.1, 0.15) is 12.5 Å². The summed E-state index contributed by atoms with van der Waals surface area (Å²) in [4.78, 5) is 14.2. The monoisotopic (exact) mass is 227 g/mol. The number of aromatic hydroxyl groups is 1. The van der Waals surface area contributed by atoms with Gasteiger partial charge in [-0.2, -0.15) is 0 Å². The van der Waals surface area contributed by atoms with Gasteiger partial charge in [-0.05, 0) is 25.1 Å². The summed E-state index contributed by atoms with van der Waals surface area (Å²) in [6.07, 6.45) is 1.29. The Kier molecular flexibility index (Phi) is 3.68. The van der Waals surface area contributed by atoms with Gasteiger partial charge in [-0.1, -0.05) is 11.6 Å². The minimum Gasteiger partial charge on any atom is -0.507 e. The third kappa shape index (κ3) is 3.25. The van der Waals surface area contributed by atoms with Crippen molar-refractivity contribution in [2.24, 2.45) is 4.99 Å². The van der Waals surface area contributed by atoms with Gasteiger partial charge in [0.2, 0.25) is 0 Å². The van der Waals surface area contributed by atoms with E-state index < -0.39 is 12.0 Å². The van der Waals surface area contributed by atoms with Crippen LogP contribution in [-0.4, -0.2) is 28.4 Å². The number of rotatable bonds is 3. The Morgan fingerprint density at radius 3 is 2.87 bits per heavy atom. The number of phenols is 1. The molecule has 15 heavy (non-hydrogen) atoms. The topological polar surface area (TPSA) is 69.9 Å². The molecular weight excluding hydrogens is 218 g/mol. The molecule has 0 bridgehead atoms. The molecule has 0 fully saturated rings. The Bertz CT molecular complexity index is 404. The minimum atomic E-state index is -1.02. The summed E-state index contributed by atoms with van der Waals surface area (Å²) >= 11 is 5.71. The molecule has 0 aliphatic carbocycles. The molecule has 0 radical (unpaired) electrons. The van der Waals surface area contributed by atoms with E-state index in [-0.39, 0.29) is 5.75 Å². The van der Waals surface area contributed by atoms with Gasteiger partial charge in [-0.3, -0.25) is 4.99 Å². The Morgan fingerprint density at radius 2 is 2.27 bits per heavy atom. The third-order valence-corrected chi connectivity index (χ3v) is 2.02. The number of aliphatic carboxylic acids is 1. The van der Waals surface area contributed by atoms with Gasteiger partial charge in [0.25, 0.3) is 0 Å². The summed E-state index contributed by atoms with van der Waals surface area (Å²) < 4.78 is 0. The van der Waals surface area contributed by atoms with Crippen molar-refractivity contribution in [3.8, 4) is 5.75 Å². The number of phenolic OH excluding ortho intramolecular Hbond substituents is 1. The van der Waals surface area contributed by atoms with Crippen LogP contribution in [-0.2, 0) is 4.79 Å². The molecule has 1 atom stereocenters. The minimum absolute atomic E-state index is 0.0146. The van der Waals surface area contributed by atoms with Crippen LogP contribution in [0.25, 0.3) is 0 Å². The largest absolute Gasteiger partial charge is 0.507 e. The fourth-order valence-electron chi connectivity index (χ4n) is 0.885. The maximum Gasteiger partial charge on any atom is 0.328 e. The maximum atomic E-state index is 10.5. The zero-order valence-electron chi connectivity index (χ0n) is 8.01. The molecule has 4 nitrogen and oxygen atoms in total. The molecule has 0 unspecified atom stereocenters. The van der Waals surface area contributed by atoms with E-state index in [1.54, 1.807) is 0 Å². The Labute approximate surface area is 91.8 Å². The van der Waals surface area contributed by atoms with Crippen LogP contribution in [0.5, 0.6) is 5.75 Å². The van der Waals surface area contributed by atoms with E-state index >= 15 is 0 Å². The van der Waals surface area contributed by atoms with E-state index in [2.05, 4.69) is 4.99 Å². The van der Waals surface area contributed by atoms with E-state index in [1.165, 1.54) is 31.3 Å². The van der Waals surface area contributed by atoms with Crippen LogP contribution in [0.2, 0.25) is 5.02 Å². The third-order valence-electron chi connectivity index (χ3n) is 1.78. The predicted molar refractivity (Wildman–Crippen MR) is 57.8 cm³/mol. The van der Waals surface area contributed by atoms with E-state index in [0.29, 0.717) is 10.6 Å². The highest BCUT2D eigenvalue weighted by atomic mass is 35.5. The smallest absolute Gasteiger partial charge is 0.328 e. The second kappa shape index (κ2) is 4.79. The molecule has 0 aliphatic rings. The highest BCUT2D eigenvalue weighted by Gasteiger charge is 2.07. The van der Waals surface area contributed by atoms with Crippen LogP contribution in [0.15, 0.2) is 23.2 Å². The standard InChI is InChI=1S/C10H10ClNO3/c1-6(10(14)15)12-5-7-4-8(11)2-3-9(7)13/h2-6,13H,1H3,(H,14,15)/t6-/m0/s1. The summed E-state index contributed by atoms with van der Waals surface area (Å²) in [7, 11) is 0. The fraction of sp³-hybridized carbons (Fsp3) is 0.200. The highest BCUT2D eigenvalue weighted by Crippen LogP contribution is 2.19. The normalized spacial score (nSPS) is 12.9. The summed E-state index contributed by atoms with van der Waals surface area (Å²) in [6.45, 7) is 1.44. The maximum absolute atomic E-state index is 10.5. The van der Waals surface area contributed by atoms with Crippen molar-refractivity contribution in [2.75, 3.05) is 0 Å². The first-order chi connectivity index (χ1) is 7.00. The van der Waals surface area contributed by atoms with Crippen molar-refractivity contribution in [2.45, 2.75) is 13.0 Å². The predicted octanol–water partition coefficient (Wildman–Crippen LogP) is 1.94. The molecule has 5 heteroatoms. The lowest BCUT2D eigenvalue weighted by Crippen LogP contribution is -2.13. The fourth-order valence-corrected chi connectivity index (χ4v) is 1.07. The second-order valence-electron chi connectivity index (χ2n) is 3.00. The molecule has 0 heterocycles. The first-order valence-electron chi connectivity index (χ1n) is 4.25. The molecule has 80 valence electrons. The van der Waals surface area contributed by atoms with Crippen LogP contribution in [0, 0.1) is 0 Å². The number of aliphatic imine (C=N–C) groups is 1. The van der Waals surface area contributed by atoms with Crippen molar-refractivity contribution < 1.29 is 15.0 Å². The van der Waals surface area contributed by atoms with Gasteiger partial charge in [0.15, 0.2) is 0 Å². The SMILES string of the molecule is C[C@H](N=Cc1cc(Cl)ccc1O)C(=O)O. The Hall–Kier alpha value is -1.55. The molecule has 0 spiro atoms. The van der Waals surface area contributed by atoms with Gasteiger partial charge >= 0.3 is 5.97 Å². The van der Waals surface area contributed by atoms with Gasteiger partial charge in [-0.15, -0.1) is 0 Å². The zero-order chi connectivity index (χ0) is 11.4. The molecule has 1 rings (SSSR count). The lowest BCUT2D eigenvalue weighted by molar-refractivity contribution is -0.137. The number of halogens is 1. The molecule has 0 aromatic heterocycles. The van der Waals surface area contributed by atoms with Crippen LogP contribution in [0.4, 0.5) is 0 Å². The second-order valence-corrected chi connectivity index (χ2v) is 3.43. The number of carboxylic acid groups (broad SMARTS) is 1. The first-order valence-corrected chi connectivity index (χ1v) is 4.63.